The van der Waals surface area contributed by atoms with Gasteiger partial charge >= 0.3 is 0 Å². The first kappa shape index (κ1) is 11.8. The molecule has 1 atom stereocenters. The summed E-state index contributed by atoms with van der Waals surface area (Å²) in [6, 6.07) is 0.344. The summed E-state index contributed by atoms with van der Waals surface area (Å²) in [7, 11) is 1.87. The van der Waals surface area contributed by atoms with E-state index in [0.717, 1.165) is 36.2 Å². The number of anilines is 1. The van der Waals surface area contributed by atoms with Crippen molar-refractivity contribution in [2.45, 2.75) is 25.8 Å². The van der Waals surface area contributed by atoms with E-state index in [-0.39, 0.29) is 0 Å². The van der Waals surface area contributed by atoms with Crippen LogP contribution in [-0.4, -0.2) is 32.3 Å². The second-order valence-corrected chi connectivity index (χ2v) is 4.20. The highest BCUT2D eigenvalue weighted by atomic mass is 15.3. The summed E-state index contributed by atoms with van der Waals surface area (Å²) in [5, 5.41) is 8.51. The average Bonchev–Trinajstić information content (AvgIpc) is 2.70. The molecule has 0 bridgehead atoms. The van der Waals surface area contributed by atoms with E-state index in [1.807, 2.05) is 7.05 Å². The van der Waals surface area contributed by atoms with Crippen LogP contribution in [0.15, 0.2) is 12.5 Å². The Labute approximate surface area is 100 Å². The molecular weight excluding hydrogens is 216 g/mol. The van der Waals surface area contributed by atoms with Gasteiger partial charge in [0.05, 0.1) is 11.6 Å². The number of hydrogen-bond donors (Lipinski definition) is 2. The molecule has 2 heterocycles. The summed E-state index contributed by atoms with van der Waals surface area (Å²) in [5.74, 6) is 0.840. The molecule has 0 saturated heterocycles. The highest BCUT2D eigenvalue weighted by Gasteiger charge is 2.09. The molecular formula is C11H18N6. The Morgan fingerprint density at radius 2 is 2.29 bits per heavy atom. The van der Waals surface area contributed by atoms with E-state index >= 15 is 0 Å². The number of rotatable bonds is 5. The Morgan fingerprint density at radius 1 is 1.47 bits per heavy atom. The van der Waals surface area contributed by atoms with Crippen LogP contribution >= 0.6 is 0 Å². The maximum absolute atomic E-state index is 5.50. The van der Waals surface area contributed by atoms with Gasteiger partial charge in [0.15, 0.2) is 5.65 Å². The van der Waals surface area contributed by atoms with E-state index in [0.29, 0.717) is 6.04 Å². The molecule has 2 aromatic heterocycles. The number of aryl methyl sites for hydroxylation is 1. The summed E-state index contributed by atoms with van der Waals surface area (Å²) in [6.45, 7) is 2.85. The van der Waals surface area contributed by atoms with Crippen LogP contribution in [-0.2, 0) is 7.05 Å². The zero-order valence-electron chi connectivity index (χ0n) is 10.2. The number of nitrogens with one attached hydrogen (secondary N) is 1. The van der Waals surface area contributed by atoms with Gasteiger partial charge in [-0.2, -0.15) is 5.10 Å². The second kappa shape index (κ2) is 5.09. The van der Waals surface area contributed by atoms with Crippen molar-refractivity contribution in [3.63, 3.8) is 0 Å². The Balaban J connectivity index is 2.18. The fourth-order valence-electron chi connectivity index (χ4n) is 1.81. The molecule has 1 unspecified atom stereocenters. The van der Waals surface area contributed by atoms with Crippen LogP contribution in [0.2, 0.25) is 0 Å². The number of fused-ring (bicyclic) bond motifs is 1. The van der Waals surface area contributed by atoms with E-state index < -0.39 is 0 Å². The summed E-state index contributed by atoms with van der Waals surface area (Å²) in [4.78, 5) is 8.46. The lowest BCUT2D eigenvalue weighted by Crippen LogP contribution is -2.17. The van der Waals surface area contributed by atoms with Gasteiger partial charge in [-0.1, -0.05) is 0 Å². The fraction of sp³-hybridized carbons (Fsp3) is 0.545. The Bertz CT molecular complexity index is 492. The molecule has 2 aromatic rings. The van der Waals surface area contributed by atoms with Gasteiger partial charge in [-0.25, -0.2) is 9.97 Å². The molecule has 0 fully saturated rings. The summed E-state index contributed by atoms with van der Waals surface area (Å²) >= 11 is 0. The van der Waals surface area contributed by atoms with E-state index in [1.54, 1.807) is 17.2 Å². The molecule has 2 rings (SSSR count). The topological polar surface area (TPSA) is 81.7 Å². The summed E-state index contributed by atoms with van der Waals surface area (Å²) in [5.41, 5.74) is 6.34. The van der Waals surface area contributed by atoms with Crippen molar-refractivity contribution in [3.8, 4) is 0 Å². The van der Waals surface area contributed by atoms with Gasteiger partial charge in [-0.15, -0.1) is 0 Å². The van der Waals surface area contributed by atoms with Crippen LogP contribution in [0.25, 0.3) is 11.0 Å². The lowest BCUT2D eigenvalue weighted by Gasteiger charge is -2.14. The predicted molar refractivity (Wildman–Crippen MR) is 67.7 cm³/mol. The van der Waals surface area contributed by atoms with Gasteiger partial charge in [0, 0.05) is 13.1 Å². The highest BCUT2D eigenvalue weighted by Crippen LogP contribution is 2.19. The van der Waals surface area contributed by atoms with E-state index in [4.69, 9.17) is 5.73 Å². The molecule has 3 N–H and O–H groups in total. The lowest BCUT2D eigenvalue weighted by molar-refractivity contribution is 0.661. The zero-order valence-corrected chi connectivity index (χ0v) is 10.2. The molecule has 0 aliphatic rings. The Kier molecular flexibility index (Phi) is 3.53. The SMILES string of the molecule is CC(CCCN)Nc1ncnc2c1cnn2C. The van der Waals surface area contributed by atoms with Crippen molar-refractivity contribution in [1.82, 2.24) is 19.7 Å². The minimum absolute atomic E-state index is 0.344. The first-order valence-electron chi connectivity index (χ1n) is 5.81. The molecule has 6 nitrogen and oxygen atoms in total. The normalized spacial score (nSPS) is 12.9. The van der Waals surface area contributed by atoms with Crippen molar-refractivity contribution in [3.05, 3.63) is 12.5 Å². The lowest BCUT2D eigenvalue weighted by atomic mass is 10.2. The number of nitrogens with zero attached hydrogens (tertiary/aromatic N) is 4. The molecule has 0 amide bonds. The van der Waals surface area contributed by atoms with Crippen LogP contribution in [0.4, 0.5) is 5.82 Å². The Hall–Kier alpha value is -1.69. The maximum atomic E-state index is 5.50. The molecule has 0 aromatic carbocycles. The predicted octanol–water partition coefficient (Wildman–Crippen LogP) is 0.903. The highest BCUT2D eigenvalue weighted by molar-refractivity contribution is 5.86. The van der Waals surface area contributed by atoms with Crippen LogP contribution in [0.3, 0.4) is 0 Å². The molecule has 0 aliphatic carbocycles. The van der Waals surface area contributed by atoms with Crippen LogP contribution in [0, 0.1) is 0 Å². The smallest absolute Gasteiger partial charge is 0.163 e. The third-order valence-electron chi connectivity index (χ3n) is 2.75. The van der Waals surface area contributed by atoms with Gasteiger partial charge in [0.2, 0.25) is 0 Å². The van der Waals surface area contributed by atoms with Gasteiger partial charge in [-0.05, 0) is 26.3 Å². The zero-order chi connectivity index (χ0) is 12.3. The largest absolute Gasteiger partial charge is 0.367 e. The first-order chi connectivity index (χ1) is 8.22. The van der Waals surface area contributed by atoms with Gasteiger partial charge < -0.3 is 11.1 Å². The summed E-state index contributed by atoms with van der Waals surface area (Å²) in [6.07, 6.45) is 5.38. The third kappa shape index (κ3) is 2.52. The molecule has 92 valence electrons. The van der Waals surface area contributed by atoms with Crippen LogP contribution < -0.4 is 11.1 Å². The molecule has 6 heteroatoms. The van der Waals surface area contributed by atoms with Crippen molar-refractivity contribution in [1.29, 1.82) is 0 Å². The van der Waals surface area contributed by atoms with E-state index in [1.165, 1.54) is 0 Å². The summed E-state index contributed by atoms with van der Waals surface area (Å²) < 4.78 is 1.74. The standard InChI is InChI=1S/C11H18N6/c1-8(4-3-5-12)16-10-9-6-15-17(2)11(9)14-7-13-10/h6-8H,3-5,12H2,1-2H3,(H,13,14,16). The molecule has 0 radical (unpaired) electrons. The van der Waals surface area contributed by atoms with Crippen LogP contribution in [0.5, 0.6) is 0 Å². The van der Waals surface area contributed by atoms with Gasteiger partial charge in [0.25, 0.3) is 0 Å². The third-order valence-corrected chi connectivity index (χ3v) is 2.75. The Morgan fingerprint density at radius 3 is 3.06 bits per heavy atom. The van der Waals surface area contributed by atoms with Crippen LogP contribution in [0.1, 0.15) is 19.8 Å². The number of nitrogens with two attached hydrogens (primary N) is 1. The van der Waals surface area contributed by atoms with Crippen molar-refractivity contribution in [2.24, 2.45) is 12.8 Å². The maximum Gasteiger partial charge on any atom is 0.163 e. The quantitative estimate of drug-likeness (QED) is 0.803. The minimum Gasteiger partial charge on any atom is -0.367 e. The second-order valence-electron chi connectivity index (χ2n) is 4.20. The first-order valence-corrected chi connectivity index (χ1v) is 5.81. The number of aromatic nitrogens is 4. The monoisotopic (exact) mass is 234 g/mol. The van der Waals surface area contributed by atoms with Crippen molar-refractivity contribution in [2.75, 3.05) is 11.9 Å². The minimum atomic E-state index is 0.344. The molecule has 0 saturated carbocycles. The van der Waals surface area contributed by atoms with Gasteiger partial charge in [-0.3, -0.25) is 4.68 Å². The van der Waals surface area contributed by atoms with E-state index in [2.05, 4.69) is 27.3 Å². The number of hydrogen-bond acceptors (Lipinski definition) is 5. The molecule has 0 aliphatic heterocycles. The molecule has 0 spiro atoms. The average molecular weight is 234 g/mol. The van der Waals surface area contributed by atoms with E-state index in [9.17, 15) is 0 Å². The van der Waals surface area contributed by atoms with Crippen molar-refractivity contribution >= 4 is 16.9 Å². The van der Waals surface area contributed by atoms with Crippen molar-refractivity contribution < 1.29 is 0 Å². The van der Waals surface area contributed by atoms with Gasteiger partial charge in [0.1, 0.15) is 12.1 Å². The fourth-order valence-corrected chi connectivity index (χ4v) is 1.81. The molecule has 17 heavy (non-hydrogen) atoms.